The second-order valence-corrected chi connectivity index (χ2v) is 8.46. The average Bonchev–Trinajstić information content (AvgIpc) is 3.19. The number of anilines is 3. The second-order valence-electron chi connectivity index (χ2n) is 8.46. The van der Waals surface area contributed by atoms with Crippen molar-refractivity contribution in [1.82, 2.24) is 19.5 Å². The zero-order valence-electron chi connectivity index (χ0n) is 18.4. The summed E-state index contributed by atoms with van der Waals surface area (Å²) in [7, 11) is 1.62. The number of imidazole rings is 1. The van der Waals surface area contributed by atoms with Crippen LogP contribution in [0.4, 0.5) is 17.5 Å². The zero-order chi connectivity index (χ0) is 22.0. The Balaban J connectivity index is 1.63. The van der Waals surface area contributed by atoms with Crippen LogP contribution < -0.4 is 26.8 Å². The molecule has 9 heteroatoms. The van der Waals surface area contributed by atoms with Crippen LogP contribution in [0.5, 0.6) is 5.75 Å². The van der Waals surface area contributed by atoms with Gasteiger partial charge in [0.05, 0.1) is 19.1 Å². The maximum absolute atomic E-state index is 6.24. The summed E-state index contributed by atoms with van der Waals surface area (Å²) < 4.78 is 7.40. The third-order valence-corrected chi connectivity index (χ3v) is 5.91. The third kappa shape index (κ3) is 4.51. The number of nitrogen functional groups attached to an aromatic ring is 1. The molecule has 31 heavy (non-hydrogen) atoms. The summed E-state index contributed by atoms with van der Waals surface area (Å²) in [6.07, 6.45) is 5.90. The Morgan fingerprint density at radius 2 is 1.97 bits per heavy atom. The molecule has 2 heterocycles. The number of fused-ring (bicyclic) bond motifs is 1. The molecule has 0 bridgehead atoms. The van der Waals surface area contributed by atoms with Crippen LogP contribution in [0, 0.1) is 0 Å². The first-order valence-corrected chi connectivity index (χ1v) is 10.9. The molecule has 1 aliphatic carbocycles. The lowest BCUT2D eigenvalue weighted by Crippen LogP contribution is -2.33. The summed E-state index contributed by atoms with van der Waals surface area (Å²) in [4.78, 5) is 14.1. The maximum Gasteiger partial charge on any atom is 0.227 e. The van der Waals surface area contributed by atoms with Gasteiger partial charge in [-0.2, -0.15) is 9.97 Å². The Labute approximate surface area is 182 Å². The topological polar surface area (TPSA) is 129 Å². The molecule has 1 aromatic carbocycles. The number of nitrogens with one attached hydrogen (secondary N) is 2. The van der Waals surface area contributed by atoms with Crippen molar-refractivity contribution in [2.24, 2.45) is 5.73 Å². The number of aromatic nitrogens is 4. The molecule has 9 nitrogen and oxygen atoms in total. The molecule has 0 unspecified atom stereocenters. The number of methoxy groups -OCH3 is 1. The van der Waals surface area contributed by atoms with Gasteiger partial charge in [0.1, 0.15) is 5.75 Å². The second kappa shape index (κ2) is 8.97. The SMILES string of the molecule is COc1cccc(CNc2nc(NC3CCC(N)CC3)nc3c2ncn3C(C)C)c1N. The highest BCUT2D eigenvalue weighted by Crippen LogP contribution is 2.28. The Morgan fingerprint density at radius 3 is 2.68 bits per heavy atom. The largest absolute Gasteiger partial charge is 0.495 e. The Morgan fingerprint density at radius 1 is 1.19 bits per heavy atom. The van der Waals surface area contributed by atoms with Crippen molar-refractivity contribution in [3.05, 3.63) is 30.1 Å². The predicted molar refractivity (Wildman–Crippen MR) is 124 cm³/mol. The van der Waals surface area contributed by atoms with E-state index in [1.54, 1.807) is 7.11 Å². The summed E-state index contributed by atoms with van der Waals surface area (Å²) in [6.45, 7) is 4.73. The van der Waals surface area contributed by atoms with E-state index in [0.29, 0.717) is 41.8 Å². The van der Waals surface area contributed by atoms with Crippen molar-refractivity contribution in [2.75, 3.05) is 23.5 Å². The van der Waals surface area contributed by atoms with Crippen LogP contribution in [0.25, 0.3) is 11.2 Å². The summed E-state index contributed by atoms with van der Waals surface area (Å²) in [6, 6.07) is 6.62. The quantitative estimate of drug-likeness (QED) is 0.425. The lowest BCUT2D eigenvalue weighted by Gasteiger charge is -2.27. The van der Waals surface area contributed by atoms with Gasteiger partial charge in [-0.1, -0.05) is 12.1 Å². The highest BCUT2D eigenvalue weighted by molar-refractivity contribution is 5.84. The highest BCUT2D eigenvalue weighted by atomic mass is 16.5. The van der Waals surface area contributed by atoms with E-state index in [4.69, 9.17) is 26.2 Å². The van der Waals surface area contributed by atoms with Gasteiger partial charge in [0.2, 0.25) is 5.95 Å². The molecule has 0 saturated heterocycles. The van der Waals surface area contributed by atoms with Gasteiger partial charge in [0, 0.05) is 24.7 Å². The Kier molecular flexibility index (Phi) is 6.13. The lowest BCUT2D eigenvalue weighted by molar-refractivity contribution is 0.410. The van der Waals surface area contributed by atoms with Gasteiger partial charge in [0.25, 0.3) is 0 Å². The number of nitrogens with zero attached hydrogens (tertiary/aromatic N) is 4. The fraction of sp³-hybridized carbons (Fsp3) is 0.500. The van der Waals surface area contributed by atoms with Crippen molar-refractivity contribution >= 4 is 28.6 Å². The van der Waals surface area contributed by atoms with Gasteiger partial charge in [-0.05, 0) is 51.2 Å². The van der Waals surface area contributed by atoms with Gasteiger partial charge in [0.15, 0.2) is 17.0 Å². The number of nitrogens with two attached hydrogens (primary N) is 2. The van der Waals surface area contributed by atoms with Crippen LogP contribution >= 0.6 is 0 Å². The maximum atomic E-state index is 6.24. The lowest BCUT2D eigenvalue weighted by atomic mass is 9.92. The van der Waals surface area contributed by atoms with Crippen LogP contribution in [-0.4, -0.2) is 38.7 Å². The molecule has 4 rings (SSSR count). The van der Waals surface area contributed by atoms with E-state index < -0.39 is 0 Å². The highest BCUT2D eigenvalue weighted by Gasteiger charge is 2.21. The minimum Gasteiger partial charge on any atom is -0.495 e. The van der Waals surface area contributed by atoms with Gasteiger partial charge >= 0.3 is 0 Å². The summed E-state index contributed by atoms with van der Waals surface area (Å²) >= 11 is 0. The molecule has 0 amide bonds. The monoisotopic (exact) mass is 424 g/mol. The fourth-order valence-corrected chi connectivity index (χ4v) is 4.03. The number of rotatable bonds is 7. The smallest absolute Gasteiger partial charge is 0.227 e. The molecule has 6 N–H and O–H groups in total. The summed E-state index contributed by atoms with van der Waals surface area (Å²) in [5.74, 6) is 1.95. The molecule has 166 valence electrons. The van der Waals surface area contributed by atoms with E-state index in [0.717, 1.165) is 42.4 Å². The number of hydrogen-bond donors (Lipinski definition) is 4. The molecule has 2 aromatic heterocycles. The van der Waals surface area contributed by atoms with Crippen molar-refractivity contribution in [3.8, 4) is 5.75 Å². The van der Waals surface area contributed by atoms with E-state index in [1.165, 1.54) is 0 Å². The van der Waals surface area contributed by atoms with E-state index in [1.807, 2.05) is 24.5 Å². The molecule has 0 aliphatic heterocycles. The van der Waals surface area contributed by atoms with Gasteiger partial charge in [-0.15, -0.1) is 0 Å². The molecule has 0 atom stereocenters. The normalized spacial score (nSPS) is 19.0. The number of ether oxygens (including phenoxy) is 1. The first kappa shape index (κ1) is 21.2. The van der Waals surface area contributed by atoms with Crippen LogP contribution in [0.1, 0.15) is 51.1 Å². The Hall–Kier alpha value is -3.07. The van der Waals surface area contributed by atoms with Crippen molar-refractivity contribution in [1.29, 1.82) is 0 Å². The summed E-state index contributed by atoms with van der Waals surface area (Å²) in [5, 5.41) is 6.92. The number of benzene rings is 1. The van der Waals surface area contributed by atoms with Crippen molar-refractivity contribution < 1.29 is 4.74 Å². The van der Waals surface area contributed by atoms with E-state index in [2.05, 4.69) is 34.0 Å². The van der Waals surface area contributed by atoms with Crippen LogP contribution in [0.2, 0.25) is 0 Å². The van der Waals surface area contributed by atoms with Gasteiger partial charge in [-0.25, -0.2) is 4.98 Å². The minimum absolute atomic E-state index is 0.238. The first-order valence-electron chi connectivity index (χ1n) is 10.9. The van der Waals surface area contributed by atoms with E-state index in [-0.39, 0.29) is 6.04 Å². The standard InChI is InChI=1S/C22H32N8O/c1-13(2)30-12-26-19-20(25-11-14-5-4-6-17(31-3)18(14)24)28-22(29-21(19)30)27-16-9-7-15(23)8-10-16/h4-6,12-13,15-16H,7-11,23-24H2,1-3H3,(H2,25,27,28,29). The van der Waals surface area contributed by atoms with Crippen LogP contribution in [0.15, 0.2) is 24.5 Å². The molecule has 0 spiro atoms. The average molecular weight is 425 g/mol. The first-order chi connectivity index (χ1) is 15.0. The van der Waals surface area contributed by atoms with Gasteiger partial charge < -0.3 is 31.4 Å². The zero-order valence-corrected chi connectivity index (χ0v) is 18.4. The third-order valence-electron chi connectivity index (χ3n) is 5.91. The molecule has 1 aliphatic rings. The molecule has 1 fully saturated rings. The minimum atomic E-state index is 0.238. The predicted octanol–water partition coefficient (Wildman–Crippen LogP) is 3.29. The number of para-hydroxylation sites is 1. The fourth-order valence-electron chi connectivity index (χ4n) is 4.03. The number of hydrogen-bond acceptors (Lipinski definition) is 8. The molecular weight excluding hydrogens is 392 g/mol. The van der Waals surface area contributed by atoms with Gasteiger partial charge in [-0.3, -0.25) is 0 Å². The van der Waals surface area contributed by atoms with E-state index in [9.17, 15) is 0 Å². The van der Waals surface area contributed by atoms with Crippen LogP contribution in [-0.2, 0) is 6.54 Å². The summed E-state index contributed by atoms with van der Waals surface area (Å²) in [5.41, 5.74) is 15.4. The molecular formula is C22H32N8O. The van der Waals surface area contributed by atoms with Crippen LogP contribution in [0.3, 0.4) is 0 Å². The Bertz CT molecular complexity index is 1040. The van der Waals surface area contributed by atoms with E-state index >= 15 is 0 Å². The van der Waals surface area contributed by atoms with Crippen molar-refractivity contribution in [2.45, 2.75) is 64.2 Å². The molecule has 0 radical (unpaired) electrons. The molecule has 1 saturated carbocycles. The molecule has 3 aromatic rings. The van der Waals surface area contributed by atoms with Crippen molar-refractivity contribution in [3.63, 3.8) is 0 Å².